The van der Waals surface area contributed by atoms with Crippen LogP contribution < -0.4 is 66.3 Å². The first-order valence-electron chi connectivity index (χ1n) is 33.5. The highest BCUT2D eigenvalue weighted by molar-refractivity contribution is 7.99. The van der Waals surface area contributed by atoms with Crippen LogP contribution in [-0.2, 0) is 10.9 Å². The average molecular weight is 1960 g/mol. The summed E-state index contributed by atoms with van der Waals surface area (Å²) < 4.78 is 589. The Hall–Kier alpha value is -11.4. The highest BCUT2D eigenvalue weighted by Crippen LogP contribution is 2.39. The lowest BCUT2D eigenvalue weighted by Gasteiger charge is -2.44. The van der Waals surface area contributed by atoms with E-state index >= 15 is 70.2 Å². The third-order valence-electron chi connectivity index (χ3n) is 19.4. The van der Waals surface area contributed by atoms with Gasteiger partial charge in [-0.05, 0) is 97.3 Å². The number of benzene rings is 13. The van der Waals surface area contributed by atoms with Crippen LogP contribution in [0.25, 0.3) is 11.1 Å². The van der Waals surface area contributed by atoms with Crippen LogP contribution in [-0.4, -0.2) is 12.3 Å². The molecular weight excluding hydrogens is 1930 g/mol. The van der Waals surface area contributed by atoms with E-state index < -0.39 is 289 Å². The number of hydrogen-bond acceptors (Lipinski definition) is 1. The molecule has 0 spiro atoms. The van der Waals surface area contributed by atoms with E-state index in [-0.39, 0.29) is 10.9 Å². The summed E-state index contributed by atoms with van der Waals surface area (Å²) in [5, 5.41) is 0. The fraction of sp³-hybridized carbons (Fsp3) is 0.0250. The second kappa shape index (κ2) is 35.6. The molecule has 0 saturated heterocycles. The Morgan fingerprint density at radius 3 is 0.560 bits per heavy atom. The van der Waals surface area contributed by atoms with Crippen molar-refractivity contribution in [1.82, 2.24) is 0 Å². The topological polar surface area (TPSA) is 0 Å². The Kier molecular flexibility index (Phi) is 26.8. The molecule has 13 aromatic carbocycles. The summed E-state index contributed by atoms with van der Waals surface area (Å²) in [6, 6.07) is 44.2. The molecule has 0 aromatic heterocycles. The molecule has 13 rings (SSSR count). The van der Waals surface area contributed by atoms with Crippen molar-refractivity contribution in [3.63, 3.8) is 0 Å². The van der Waals surface area contributed by atoms with Crippen LogP contribution in [0.1, 0.15) is 11.1 Å². The van der Waals surface area contributed by atoms with Gasteiger partial charge in [0.05, 0.1) is 10.9 Å². The standard InChI is InChI=1S/C32H27IS2.2C24BF20/c1-23-13-22-31(33)24(2)32(23)25-14-16-26(17-15-25)34-27-18-20-30(21-19-27)35(28-9-5-3-6-10-28)29-11-7-4-8-12-29;2*26-5-1(6(27)14(35)21(42)13(5)34)25(2-7(28)15(36)22(43)16(37)8(2)29,3-9(30)17(38)23(44)18(39)10(3)31)4-11(32)19(40)24(45)20(41)12(4)33/h3-22,33H,1-2H3;;/q+2;2*-1. The summed E-state index contributed by atoms with van der Waals surface area (Å²) in [5.74, 6) is -143. The molecule has 0 atom stereocenters. The van der Waals surface area contributed by atoms with Crippen LogP contribution in [0.2, 0.25) is 0 Å². The molecule has 0 heterocycles. The van der Waals surface area contributed by atoms with Crippen molar-refractivity contribution in [2.45, 2.75) is 38.3 Å². The zero-order valence-electron chi connectivity index (χ0n) is 60.0. The molecule has 0 saturated carbocycles. The van der Waals surface area contributed by atoms with E-state index in [1.165, 1.54) is 50.3 Å². The molecule has 0 unspecified atom stereocenters. The first-order valence-corrected chi connectivity index (χ1v) is 36.7. The predicted octanol–water partition coefficient (Wildman–Crippen LogP) is 17.4. The Morgan fingerprint density at radius 1 is 0.200 bits per heavy atom. The molecular formula is C80H27B2F40IS2. The Balaban J connectivity index is 0.000000184. The number of aryl methyl sites for hydroxylation is 1. The SMILES string of the molecule is Cc1ccc([IH+])c(C)c1-c1ccc(Sc2ccc([S+](c3ccccc3)c3ccccc3)cc2)cc1.Fc1c(F)c(F)c([B-](c2c(F)c(F)c(F)c(F)c2F)(c2c(F)c(F)c(F)c(F)c2F)c2c(F)c(F)c(F)c(F)c2F)c(F)c1F.Fc1c(F)c(F)c([B-](c2c(F)c(F)c(F)c(F)c2F)(c2c(F)c(F)c(F)c(F)c2F)c2c(F)c(F)c(F)c(F)c2F)c(F)c1F. The second-order valence-corrected chi connectivity index (χ2v) is 30.4. The van der Waals surface area contributed by atoms with Crippen molar-refractivity contribution in [3.05, 3.63) is 369 Å². The molecule has 0 radical (unpaired) electrons. The highest BCUT2D eigenvalue weighted by Gasteiger charge is 2.55. The van der Waals surface area contributed by atoms with Gasteiger partial charge in [0, 0.05) is 15.4 Å². The van der Waals surface area contributed by atoms with Crippen molar-refractivity contribution in [2.75, 3.05) is 0 Å². The maximum Gasteiger partial charge on any atom is 0.297 e. The lowest BCUT2D eigenvalue weighted by Crippen LogP contribution is -3.34. The molecule has 0 fully saturated rings. The highest BCUT2D eigenvalue weighted by atomic mass is 127. The summed E-state index contributed by atoms with van der Waals surface area (Å²) in [5.41, 5.74) is -23.3. The van der Waals surface area contributed by atoms with Crippen LogP contribution in [0.4, 0.5) is 176 Å². The lowest BCUT2D eigenvalue weighted by molar-refractivity contribution is -0.329. The van der Waals surface area contributed by atoms with Gasteiger partial charge in [-0.15, -0.1) is 43.7 Å². The predicted molar refractivity (Wildman–Crippen MR) is 365 cm³/mol. The molecule has 0 aliphatic rings. The minimum Gasteiger partial charge on any atom is -0.207 e. The largest absolute Gasteiger partial charge is 0.297 e. The van der Waals surface area contributed by atoms with E-state index in [4.69, 9.17) is 0 Å². The van der Waals surface area contributed by atoms with Gasteiger partial charge in [0.2, 0.25) is 0 Å². The quantitative estimate of drug-likeness (QED) is 0.0261. The van der Waals surface area contributed by atoms with Gasteiger partial charge in [-0.3, -0.25) is 0 Å². The second-order valence-electron chi connectivity index (χ2n) is 26.0. The fourth-order valence-electron chi connectivity index (χ4n) is 14.0. The lowest BCUT2D eigenvalue weighted by atomic mass is 9.12. The van der Waals surface area contributed by atoms with E-state index in [1.807, 2.05) is 11.8 Å². The van der Waals surface area contributed by atoms with E-state index in [9.17, 15) is 105 Å². The fourth-order valence-corrected chi connectivity index (χ4v) is 17.4. The monoisotopic (exact) mass is 1960 g/mol. The van der Waals surface area contributed by atoms with Gasteiger partial charge in [-0.2, -0.15) is 0 Å². The van der Waals surface area contributed by atoms with Gasteiger partial charge >= 0.3 is 0 Å². The maximum absolute atomic E-state index is 15.4. The molecule has 0 aliphatic carbocycles. The van der Waals surface area contributed by atoms with Crippen LogP contribution in [0.3, 0.4) is 0 Å². The zero-order chi connectivity index (χ0) is 92.9. The smallest absolute Gasteiger partial charge is 0.207 e. The summed E-state index contributed by atoms with van der Waals surface area (Å²) >= 11 is 3.93. The number of hydrogen-bond donors (Lipinski definition) is 0. The minimum absolute atomic E-state index is 0.109. The van der Waals surface area contributed by atoms with Crippen molar-refractivity contribution < 1.29 is 198 Å². The van der Waals surface area contributed by atoms with E-state index in [2.05, 4.69) is 158 Å². The summed E-state index contributed by atoms with van der Waals surface area (Å²) in [6.45, 7) is 4.43. The number of halogens is 41. The molecule has 0 nitrogen and oxygen atoms in total. The van der Waals surface area contributed by atoms with E-state index in [0.29, 0.717) is 0 Å². The van der Waals surface area contributed by atoms with Crippen LogP contribution in [0, 0.1) is 250 Å². The molecule has 0 N–H and O–H groups in total. The van der Waals surface area contributed by atoms with Gasteiger partial charge in [0.15, 0.2) is 158 Å². The minimum atomic E-state index is -7.22. The summed E-state index contributed by atoms with van der Waals surface area (Å²) in [4.78, 5) is 6.55. The molecule has 13 aromatic rings. The average Bonchev–Trinajstić information content (AvgIpc) is 0.684. The normalized spacial score (nSPS) is 11.7. The van der Waals surface area contributed by atoms with Crippen LogP contribution in [0.15, 0.2) is 146 Å². The van der Waals surface area contributed by atoms with Crippen LogP contribution >= 0.6 is 11.8 Å². The van der Waals surface area contributed by atoms with Crippen molar-refractivity contribution in [1.29, 1.82) is 0 Å². The van der Waals surface area contributed by atoms with Gasteiger partial charge < -0.3 is 0 Å². The van der Waals surface area contributed by atoms with Crippen molar-refractivity contribution in [3.8, 4) is 11.1 Å². The third kappa shape index (κ3) is 15.1. The van der Waals surface area contributed by atoms with Gasteiger partial charge in [0.1, 0.15) is 105 Å². The molecule has 125 heavy (non-hydrogen) atoms. The summed E-state index contributed by atoms with van der Waals surface area (Å²) in [6.07, 6.45) is -14.4. The zero-order valence-corrected chi connectivity index (χ0v) is 64.0. The summed E-state index contributed by atoms with van der Waals surface area (Å²) in [7, 11) is -0.109. The Labute approximate surface area is 691 Å². The first kappa shape index (κ1) is 94.3. The Morgan fingerprint density at radius 2 is 0.368 bits per heavy atom. The Bertz CT molecular complexity index is 5500. The molecule has 0 aliphatic heterocycles. The van der Waals surface area contributed by atoms with E-state index in [0.717, 1.165) is 0 Å². The third-order valence-corrected chi connectivity index (χ3v) is 23.9. The van der Waals surface area contributed by atoms with Gasteiger partial charge in [0.25, 0.3) is 22.6 Å². The molecule has 652 valence electrons. The van der Waals surface area contributed by atoms with Gasteiger partial charge in [-0.1, -0.05) is 66.4 Å². The van der Waals surface area contributed by atoms with Crippen LogP contribution in [0.5, 0.6) is 0 Å². The van der Waals surface area contributed by atoms with Crippen molar-refractivity contribution >= 4 is 78.7 Å². The molecule has 45 heteroatoms. The van der Waals surface area contributed by atoms with Crippen molar-refractivity contribution in [2.24, 2.45) is 0 Å². The van der Waals surface area contributed by atoms with E-state index in [1.54, 1.807) is 0 Å². The molecule has 0 amide bonds. The molecule has 0 bridgehead atoms. The van der Waals surface area contributed by atoms with Gasteiger partial charge in [-0.25, -0.2) is 176 Å². The first-order chi connectivity index (χ1) is 58.5. The number of rotatable bonds is 14. The maximum atomic E-state index is 15.4.